The van der Waals surface area contributed by atoms with Crippen LogP contribution in [0.2, 0.25) is 0 Å². The number of aromatic amines is 1. The first kappa shape index (κ1) is 24.1. The van der Waals surface area contributed by atoms with Gasteiger partial charge in [0.1, 0.15) is 5.69 Å². The Morgan fingerprint density at radius 2 is 1.36 bits per heavy atom. The molecule has 8 nitrogen and oxygen atoms in total. The lowest BCUT2D eigenvalue weighted by atomic mass is 9.98. The van der Waals surface area contributed by atoms with Crippen molar-refractivity contribution in [1.29, 1.82) is 0 Å². The first-order chi connectivity index (χ1) is 19.2. The minimum atomic E-state index is -0.283. The van der Waals surface area contributed by atoms with Gasteiger partial charge in [0, 0.05) is 17.5 Å². The van der Waals surface area contributed by atoms with Crippen LogP contribution in [0.15, 0.2) is 114 Å². The summed E-state index contributed by atoms with van der Waals surface area (Å²) < 4.78 is 1.83. The van der Waals surface area contributed by atoms with Crippen molar-refractivity contribution in [2.45, 2.75) is 19.4 Å². The Labute approximate surface area is 225 Å². The summed E-state index contributed by atoms with van der Waals surface area (Å²) in [7, 11) is 0. The summed E-state index contributed by atoms with van der Waals surface area (Å²) in [6.45, 7) is 0.476. The average molecular weight is 512 g/mol. The van der Waals surface area contributed by atoms with Gasteiger partial charge in [0.25, 0.3) is 5.56 Å². The van der Waals surface area contributed by atoms with Gasteiger partial charge in [-0.15, -0.1) is 5.10 Å². The molecule has 0 unspecified atom stereocenters. The lowest BCUT2D eigenvalue weighted by Crippen LogP contribution is -2.24. The highest BCUT2D eigenvalue weighted by Gasteiger charge is 2.14. The number of benzene rings is 4. The van der Waals surface area contributed by atoms with Crippen molar-refractivity contribution in [3.05, 3.63) is 136 Å². The van der Waals surface area contributed by atoms with Crippen molar-refractivity contribution < 1.29 is 0 Å². The molecule has 0 spiro atoms. The van der Waals surface area contributed by atoms with Crippen molar-refractivity contribution in [3.63, 3.8) is 0 Å². The predicted octanol–water partition coefficient (Wildman–Crippen LogP) is 4.99. The maximum Gasteiger partial charge on any atom is 0.295 e. The summed E-state index contributed by atoms with van der Waals surface area (Å²) in [5.74, 6) is 1.17. The number of nitrogens with one attached hydrogen (secondary N) is 1. The minimum absolute atomic E-state index is 0.283. The fourth-order valence-corrected chi connectivity index (χ4v) is 4.61. The van der Waals surface area contributed by atoms with E-state index in [9.17, 15) is 4.79 Å². The third kappa shape index (κ3) is 5.40. The van der Waals surface area contributed by atoms with E-state index in [1.165, 1.54) is 0 Å². The van der Waals surface area contributed by atoms with E-state index in [0.29, 0.717) is 30.3 Å². The smallest absolute Gasteiger partial charge is 0.265 e. The van der Waals surface area contributed by atoms with Crippen LogP contribution < -0.4 is 5.56 Å². The standard InChI is InChI=1S/C31H25N7O/c39-31-28(20-17-22-9-3-1-4-10-22)35-38(30(32-31)25-11-5-2-6-12-25)21-23-15-18-24(19-16-23)26-13-7-8-14-27(26)29-33-36-37-34-29/h1-16,18-19H,17,20-21H2,(H,33,34,36,37). The van der Waals surface area contributed by atoms with E-state index in [4.69, 9.17) is 5.10 Å². The van der Waals surface area contributed by atoms with E-state index < -0.39 is 0 Å². The number of tetrazole rings is 1. The van der Waals surface area contributed by atoms with E-state index in [1.54, 1.807) is 0 Å². The zero-order valence-electron chi connectivity index (χ0n) is 21.1. The molecule has 39 heavy (non-hydrogen) atoms. The summed E-state index contributed by atoms with van der Waals surface area (Å²) in [5, 5.41) is 19.1. The molecular formula is C31H25N7O. The van der Waals surface area contributed by atoms with Gasteiger partial charge in [0.05, 0.1) is 6.54 Å². The van der Waals surface area contributed by atoms with Crippen LogP contribution in [0.3, 0.4) is 0 Å². The highest BCUT2D eigenvalue weighted by Crippen LogP contribution is 2.30. The number of rotatable bonds is 8. The molecule has 0 fully saturated rings. The maximum absolute atomic E-state index is 13.0. The summed E-state index contributed by atoms with van der Waals surface area (Å²) in [6.07, 6.45) is 1.25. The number of hydrogen-bond donors (Lipinski definition) is 1. The van der Waals surface area contributed by atoms with Crippen molar-refractivity contribution in [2.24, 2.45) is 0 Å². The molecule has 0 amide bonds. The molecule has 0 saturated heterocycles. The highest BCUT2D eigenvalue weighted by atomic mass is 16.1. The summed E-state index contributed by atoms with van der Waals surface area (Å²) in [5.41, 5.74) is 6.23. The van der Waals surface area contributed by atoms with Gasteiger partial charge in [-0.1, -0.05) is 109 Å². The van der Waals surface area contributed by atoms with E-state index in [2.05, 4.69) is 62.0 Å². The number of aryl methyl sites for hydroxylation is 2. The number of nitrogens with zero attached hydrogens (tertiary/aromatic N) is 6. The first-order valence-electron chi connectivity index (χ1n) is 12.7. The molecule has 6 aromatic rings. The Hall–Kier alpha value is -5.24. The van der Waals surface area contributed by atoms with E-state index >= 15 is 0 Å². The van der Waals surface area contributed by atoms with Gasteiger partial charge in [-0.3, -0.25) is 4.79 Å². The van der Waals surface area contributed by atoms with Crippen molar-refractivity contribution in [3.8, 4) is 33.9 Å². The Bertz CT molecular complexity index is 1730. The molecule has 1 N–H and O–H groups in total. The van der Waals surface area contributed by atoms with E-state index in [0.717, 1.165) is 39.8 Å². The first-order valence-corrected chi connectivity index (χ1v) is 12.7. The van der Waals surface area contributed by atoms with E-state index in [1.807, 2.05) is 77.5 Å². The van der Waals surface area contributed by atoms with Gasteiger partial charge in [-0.2, -0.15) is 10.1 Å². The molecule has 4 aromatic carbocycles. The SMILES string of the molecule is O=c1nc(-c2ccccc2)n(Cc2ccc(-c3ccccc3-c3nnn[nH]3)cc2)nc1CCc1ccccc1. The zero-order chi connectivity index (χ0) is 26.4. The van der Waals surface area contributed by atoms with Crippen LogP contribution in [-0.2, 0) is 19.4 Å². The largest absolute Gasteiger partial charge is 0.295 e. The topological polar surface area (TPSA) is 102 Å². The lowest BCUT2D eigenvalue weighted by Gasteiger charge is -2.14. The molecule has 0 aliphatic heterocycles. The Morgan fingerprint density at radius 3 is 2.08 bits per heavy atom. The van der Waals surface area contributed by atoms with Gasteiger partial charge in [-0.25, -0.2) is 9.78 Å². The number of aromatic nitrogens is 7. The molecular weight excluding hydrogens is 486 g/mol. The normalized spacial score (nSPS) is 11.0. The van der Waals surface area contributed by atoms with Gasteiger partial charge >= 0.3 is 0 Å². The van der Waals surface area contributed by atoms with Gasteiger partial charge in [0.15, 0.2) is 11.6 Å². The molecule has 0 radical (unpaired) electrons. The number of hydrogen-bond acceptors (Lipinski definition) is 6. The molecule has 0 atom stereocenters. The Balaban J connectivity index is 1.32. The van der Waals surface area contributed by atoms with Crippen LogP contribution in [0.4, 0.5) is 0 Å². The summed E-state index contributed by atoms with van der Waals surface area (Å²) in [6, 6.07) is 36.1. The van der Waals surface area contributed by atoms with Crippen molar-refractivity contribution in [2.75, 3.05) is 0 Å². The fourth-order valence-electron chi connectivity index (χ4n) is 4.61. The summed E-state index contributed by atoms with van der Waals surface area (Å²) >= 11 is 0. The molecule has 2 aromatic heterocycles. The van der Waals surface area contributed by atoms with Crippen LogP contribution in [-0.4, -0.2) is 35.4 Å². The van der Waals surface area contributed by atoms with Crippen molar-refractivity contribution in [1.82, 2.24) is 35.4 Å². The molecule has 6 rings (SSSR count). The Kier molecular flexibility index (Phi) is 6.81. The fraction of sp³-hybridized carbons (Fsp3) is 0.0968. The lowest BCUT2D eigenvalue weighted by molar-refractivity contribution is 0.622. The van der Waals surface area contributed by atoms with Crippen LogP contribution in [0, 0.1) is 0 Å². The second-order valence-corrected chi connectivity index (χ2v) is 9.19. The quantitative estimate of drug-likeness (QED) is 0.309. The van der Waals surface area contributed by atoms with Gasteiger partial charge < -0.3 is 0 Å². The summed E-state index contributed by atoms with van der Waals surface area (Å²) in [4.78, 5) is 17.4. The molecule has 0 aliphatic rings. The average Bonchev–Trinajstić information content (AvgIpc) is 3.54. The monoisotopic (exact) mass is 511 g/mol. The Morgan fingerprint density at radius 1 is 0.667 bits per heavy atom. The van der Waals surface area contributed by atoms with Crippen LogP contribution in [0.5, 0.6) is 0 Å². The predicted molar refractivity (Wildman–Crippen MR) is 150 cm³/mol. The maximum atomic E-state index is 13.0. The third-order valence-electron chi connectivity index (χ3n) is 6.59. The molecule has 0 bridgehead atoms. The minimum Gasteiger partial charge on any atom is -0.265 e. The zero-order valence-corrected chi connectivity index (χ0v) is 21.1. The van der Waals surface area contributed by atoms with E-state index in [-0.39, 0.29) is 5.56 Å². The van der Waals surface area contributed by atoms with Crippen LogP contribution in [0.1, 0.15) is 16.8 Å². The van der Waals surface area contributed by atoms with Crippen LogP contribution in [0.25, 0.3) is 33.9 Å². The molecule has 0 aliphatic carbocycles. The second-order valence-electron chi connectivity index (χ2n) is 9.19. The molecule has 2 heterocycles. The van der Waals surface area contributed by atoms with Crippen molar-refractivity contribution >= 4 is 0 Å². The van der Waals surface area contributed by atoms with Gasteiger partial charge in [0.2, 0.25) is 0 Å². The van der Waals surface area contributed by atoms with Crippen LogP contribution >= 0.6 is 0 Å². The third-order valence-corrected chi connectivity index (χ3v) is 6.59. The molecule has 8 heteroatoms. The van der Waals surface area contributed by atoms with Gasteiger partial charge in [-0.05, 0) is 39.1 Å². The molecule has 190 valence electrons. The highest BCUT2D eigenvalue weighted by molar-refractivity contribution is 5.80. The second kappa shape index (κ2) is 11.0. The number of H-pyrrole nitrogens is 1. The molecule has 0 saturated carbocycles.